The van der Waals surface area contributed by atoms with Gasteiger partial charge in [-0.25, -0.2) is 8.78 Å². The summed E-state index contributed by atoms with van der Waals surface area (Å²) < 4.78 is 34.7. The minimum absolute atomic E-state index is 0.0473. The Morgan fingerprint density at radius 2 is 1.89 bits per heavy atom. The largest absolute Gasteiger partial charge is 0.451 e. The molecule has 0 spiro atoms. The molecule has 10 heteroatoms. The van der Waals surface area contributed by atoms with E-state index in [4.69, 9.17) is 4.74 Å². The number of rotatable bonds is 5. The molecule has 0 bridgehead atoms. The molecule has 0 aliphatic heterocycles. The van der Waals surface area contributed by atoms with Crippen LogP contribution in [0.25, 0.3) is 5.78 Å². The van der Waals surface area contributed by atoms with Crippen LogP contribution in [0.4, 0.5) is 8.78 Å². The Balaban J connectivity index is 1.50. The molecule has 142 valence electrons. The van der Waals surface area contributed by atoms with Crippen LogP contribution in [0.15, 0.2) is 52.4 Å². The van der Waals surface area contributed by atoms with E-state index in [1.54, 1.807) is 19.1 Å². The molecule has 2 aromatic heterocycles. The van der Waals surface area contributed by atoms with Gasteiger partial charge in [0.2, 0.25) is 5.16 Å². The monoisotopic (exact) mass is 401 g/mol. The molecule has 0 radical (unpaired) electrons. The Bertz CT molecular complexity index is 1220. The zero-order valence-electron chi connectivity index (χ0n) is 14.5. The number of fused-ring (bicyclic) bond motifs is 1. The number of nitrogens with zero attached hydrogens (tertiary/aromatic N) is 4. The van der Waals surface area contributed by atoms with Crippen LogP contribution in [-0.2, 0) is 5.75 Å². The lowest BCUT2D eigenvalue weighted by Gasteiger charge is -2.09. The van der Waals surface area contributed by atoms with Crippen LogP contribution in [0.3, 0.4) is 0 Å². The first-order valence-electron chi connectivity index (χ1n) is 8.17. The third-order valence-corrected chi connectivity index (χ3v) is 4.83. The molecule has 0 unspecified atom stereocenters. The summed E-state index contributed by atoms with van der Waals surface area (Å²) >= 11 is 1.28. The van der Waals surface area contributed by atoms with Gasteiger partial charge in [0, 0.05) is 5.75 Å². The SMILES string of the molecule is Cc1nn2c(SCc3ccc(Oc4ccccc4F)c(F)c3)nnc2[nH]c1=O. The molecule has 0 saturated carbocycles. The number of benzene rings is 2. The molecule has 4 rings (SSSR count). The summed E-state index contributed by atoms with van der Waals surface area (Å²) in [4.78, 5) is 14.1. The van der Waals surface area contributed by atoms with Crippen molar-refractivity contribution in [2.45, 2.75) is 17.8 Å². The fourth-order valence-electron chi connectivity index (χ4n) is 2.42. The zero-order valence-corrected chi connectivity index (χ0v) is 15.3. The summed E-state index contributed by atoms with van der Waals surface area (Å²) in [7, 11) is 0. The fourth-order valence-corrected chi connectivity index (χ4v) is 3.25. The van der Waals surface area contributed by atoms with E-state index in [2.05, 4.69) is 20.3 Å². The molecule has 2 aromatic carbocycles. The van der Waals surface area contributed by atoms with Crippen molar-refractivity contribution in [3.63, 3.8) is 0 Å². The molecule has 2 heterocycles. The smallest absolute Gasteiger partial charge is 0.273 e. The lowest BCUT2D eigenvalue weighted by Crippen LogP contribution is -2.15. The van der Waals surface area contributed by atoms with Crippen LogP contribution in [0, 0.1) is 18.6 Å². The molecule has 0 saturated heterocycles. The Labute approximate surface area is 161 Å². The van der Waals surface area contributed by atoms with Gasteiger partial charge in [0.25, 0.3) is 11.3 Å². The fraction of sp³-hybridized carbons (Fsp3) is 0.111. The van der Waals surface area contributed by atoms with Gasteiger partial charge in [-0.15, -0.1) is 10.2 Å². The van der Waals surface area contributed by atoms with Gasteiger partial charge in [-0.1, -0.05) is 30.0 Å². The van der Waals surface area contributed by atoms with E-state index in [0.717, 1.165) is 0 Å². The predicted octanol–water partition coefficient (Wildman–Crippen LogP) is 3.48. The lowest BCUT2D eigenvalue weighted by molar-refractivity contribution is 0.414. The maximum absolute atomic E-state index is 14.3. The molecule has 0 aliphatic carbocycles. The van der Waals surface area contributed by atoms with Crippen molar-refractivity contribution in [2.24, 2.45) is 0 Å². The number of para-hydroxylation sites is 1. The number of hydrogen-bond acceptors (Lipinski definition) is 6. The molecular weight excluding hydrogens is 388 g/mol. The van der Waals surface area contributed by atoms with E-state index >= 15 is 0 Å². The number of nitrogens with one attached hydrogen (secondary N) is 1. The minimum Gasteiger partial charge on any atom is -0.451 e. The average Bonchev–Trinajstić information content (AvgIpc) is 3.06. The summed E-state index contributed by atoms with van der Waals surface area (Å²) in [6.45, 7) is 1.58. The van der Waals surface area contributed by atoms with Crippen LogP contribution in [-0.4, -0.2) is 24.8 Å². The molecule has 1 N–H and O–H groups in total. The normalized spacial score (nSPS) is 11.1. The standard InChI is InChI=1S/C18H13F2N5O2S/c1-10-16(26)21-17-22-23-18(25(17)24-10)28-9-11-6-7-15(13(20)8-11)27-14-5-3-2-4-12(14)19/h2-8H,9H2,1H3,(H,21,22,26). The number of halogens is 2. The van der Waals surface area contributed by atoms with Crippen molar-refractivity contribution < 1.29 is 13.5 Å². The summed E-state index contributed by atoms with van der Waals surface area (Å²) in [5.41, 5.74) is 0.625. The summed E-state index contributed by atoms with van der Waals surface area (Å²) in [6, 6.07) is 10.2. The predicted molar refractivity (Wildman–Crippen MR) is 98.6 cm³/mol. The maximum Gasteiger partial charge on any atom is 0.273 e. The Morgan fingerprint density at radius 3 is 2.68 bits per heavy atom. The van der Waals surface area contributed by atoms with Gasteiger partial charge in [-0.3, -0.25) is 9.78 Å². The molecule has 7 nitrogen and oxygen atoms in total. The molecule has 0 atom stereocenters. The van der Waals surface area contributed by atoms with Crippen LogP contribution in [0.5, 0.6) is 11.5 Å². The van der Waals surface area contributed by atoms with Gasteiger partial charge in [0.1, 0.15) is 5.69 Å². The third kappa shape index (κ3) is 3.58. The highest BCUT2D eigenvalue weighted by Gasteiger charge is 2.12. The van der Waals surface area contributed by atoms with Gasteiger partial charge >= 0.3 is 0 Å². The minimum atomic E-state index is -0.606. The second-order valence-corrected chi connectivity index (χ2v) is 6.79. The quantitative estimate of drug-likeness (QED) is 0.516. The van der Waals surface area contributed by atoms with Crippen molar-refractivity contribution in [3.05, 3.63) is 75.7 Å². The highest BCUT2D eigenvalue weighted by Crippen LogP contribution is 2.29. The first kappa shape index (κ1) is 18.1. The van der Waals surface area contributed by atoms with Crippen molar-refractivity contribution in [1.82, 2.24) is 24.8 Å². The number of hydrogen-bond donors (Lipinski definition) is 1. The molecular formula is C18H13F2N5O2S. The number of H-pyrrole nitrogens is 1. The average molecular weight is 401 g/mol. The number of ether oxygens (including phenoxy) is 1. The Morgan fingerprint density at radius 1 is 1.11 bits per heavy atom. The number of thioether (sulfide) groups is 1. The number of aromatic amines is 1. The van der Waals surface area contributed by atoms with E-state index in [1.807, 2.05) is 0 Å². The van der Waals surface area contributed by atoms with E-state index in [9.17, 15) is 13.6 Å². The molecule has 0 fully saturated rings. The Kier molecular flexibility index (Phi) is 4.78. The molecule has 28 heavy (non-hydrogen) atoms. The maximum atomic E-state index is 14.3. The number of aromatic nitrogens is 5. The van der Waals surface area contributed by atoms with Crippen LogP contribution in [0.1, 0.15) is 11.3 Å². The Hall–Kier alpha value is -3.27. The highest BCUT2D eigenvalue weighted by molar-refractivity contribution is 7.98. The van der Waals surface area contributed by atoms with Gasteiger partial charge in [0.15, 0.2) is 23.1 Å². The zero-order chi connectivity index (χ0) is 19.7. The van der Waals surface area contributed by atoms with Crippen LogP contribution < -0.4 is 10.3 Å². The van der Waals surface area contributed by atoms with Crippen molar-refractivity contribution >= 4 is 17.5 Å². The first-order valence-corrected chi connectivity index (χ1v) is 9.16. The van der Waals surface area contributed by atoms with Crippen molar-refractivity contribution in [3.8, 4) is 11.5 Å². The van der Waals surface area contributed by atoms with Crippen LogP contribution in [0.2, 0.25) is 0 Å². The van der Waals surface area contributed by atoms with E-state index in [-0.39, 0.29) is 28.5 Å². The molecule has 0 amide bonds. The number of aryl methyl sites for hydroxylation is 1. The van der Waals surface area contributed by atoms with E-state index in [1.165, 1.54) is 46.6 Å². The lowest BCUT2D eigenvalue weighted by atomic mass is 10.2. The van der Waals surface area contributed by atoms with Gasteiger partial charge in [-0.2, -0.15) is 9.61 Å². The second kappa shape index (κ2) is 7.39. The molecule has 4 aromatic rings. The van der Waals surface area contributed by atoms with Gasteiger partial charge in [0.05, 0.1) is 0 Å². The summed E-state index contributed by atoms with van der Waals surface area (Å²) in [5, 5.41) is 12.4. The second-order valence-electron chi connectivity index (χ2n) is 5.84. The van der Waals surface area contributed by atoms with Gasteiger partial charge in [-0.05, 0) is 36.8 Å². The molecule has 0 aliphatic rings. The van der Waals surface area contributed by atoms with Crippen LogP contribution >= 0.6 is 11.8 Å². The first-order chi connectivity index (χ1) is 13.5. The summed E-state index contributed by atoms with van der Waals surface area (Å²) in [6.07, 6.45) is 0. The van der Waals surface area contributed by atoms with Gasteiger partial charge < -0.3 is 4.74 Å². The summed E-state index contributed by atoms with van der Waals surface area (Å²) in [5.74, 6) is -0.669. The van der Waals surface area contributed by atoms with Crippen molar-refractivity contribution in [2.75, 3.05) is 0 Å². The third-order valence-electron chi connectivity index (χ3n) is 3.84. The topological polar surface area (TPSA) is 85.2 Å². The highest BCUT2D eigenvalue weighted by atomic mass is 32.2. The van der Waals surface area contributed by atoms with Crippen molar-refractivity contribution in [1.29, 1.82) is 0 Å². The van der Waals surface area contributed by atoms with E-state index in [0.29, 0.717) is 16.5 Å². The van der Waals surface area contributed by atoms with E-state index < -0.39 is 11.6 Å².